The van der Waals surface area contributed by atoms with E-state index in [4.69, 9.17) is 9.47 Å². The van der Waals surface area contributed by atoms with E-state index in [0.717, 1.165) is 19.6 Å². The average Bonchev–Trinajstić information content (AvgIpc) is 2.03. The lowest BCUT2D eigenvalue weighted by atomic mass is 10.2. The molecule has 2 unspecified atom stereocenters. The second-order valence-electron chi connectivity index (χ2n) is 2.91. The molecule has 1 heterocycles. The third-order valence-electron chi connectivity index (χ3n) is 1.65. The van der Waals surface area contributed by atoms with Gasteiger partial charge in [-0.3, -0.25) is 0 Å². The molecule has 1 fully saturated rings. The molecule has 2 nitrogen and oxygen atoms in total. The zero-order chi connectivity index (χ0) is 8.10. The van der Waals surface area contributed by atoms with Gasteiger partial charge in [0.05, 0.1) is 6.61 Å². The van der Waals surface area contributed by atoms with Crippen LogP contribution in [0, 0.1) is 0 Å². The molecule has 1 saturated heterocycles. The molecule has 0 saturated carbocycles. The Bertz CT molecular complexity index is 100. The summed E-state index contributed by atoms with van der Waals surface area (Å²) < 4.78 is 10.9. The summed E-state index contributed by atoms with van der Waals surface area (Å²) in [6.45, 7) is 3.68. The van der Waals surface area contributed by atoms with E-state index in [0.29, 0.717) is 4.83 Å². The maximum Gasteiger partial charge on any atom is 0.157 e. The molecular formula is C8H15BrO2. The van der Waals surface area contributed by atoms with E-state index < -0.39 is 0 Å². The van der Waals surface area contributed by atoms with Gasteiger partial charge in [-0.1, -0.05) is 22.9 Å². The Hall–Kier alpha value is 0.400. The Labute approximate surface area is 76.4 Å². The molecule has 0 aromatic rings. The van der Waals surface area contributed by atoms with Gasteiger partial charge < -0.3 is 9.47 Å². The third-order valence-corrected chi connectivity index (χ3v) is 1.91. The monoisotopic (exact) mass is 222 g/mol. The van der Waals surface area contributed by atoms with Crippen LogP contribution in [0.4, 0.5) is 0 Å². The van der Waals surface area contributed by atoms with Crippen molar-refractivity contribution in [3.63, 3.8) is 0 Å². The topological polar surface area (TPSA) is 18.5 Å². The lowest BCUT2D eigenvalue weighted by Crippen LogP contribution is -2.24. The first-order valence-corrected chi connectivity index (χ1v) is 5.08. The molecular weight excluding hydrogens is 208 g/mol. The van der Waals surface area contributed by atoms with Crippen LogP contribution in [0.25, 0.3) is 0 Å². The quantitative estimate of drug-likeness (QED) is 0.683. The van der Waals surface area contributed by atoms with Gasteiger partial charge in [0.2, 0.25) is 0 Å². The van der Waals surface area contributed by atoms with Crippen LogP contribution in [0.3, 0.4) is 0 Å². The molecule has 0 aromatic heterocycles. The molecule has 11 heavy (non-hydrogen) atoms. The van der Waals surface area contributed by atoms with Crippen LogP contribution in [0.15, 0.2) is 0 Å². The van der Waals surface area contributed by atoms with E-state index in [1.54, 1.807) is 0 Å². The molecule has 0 aromatic carbocycles. The fraction of sp³-hybridized carbons (Fsp3) is 1.00. The molecule has 1 rings (SSSR count). The Kier molecular flexibility index (Phi) is 4.41. The summed E-state index contributed by atoms with van der Waals surface area (Å²) in [5.74, 6) is 0. The van der Waals surface area contributed by atoms with Crippen LogP contribution in [0.2, 0.25) is 0 Å². The van der Waals surface area contributed by atoms with Crippen molar-refractivity contribution in [2.75, 3.05) is 13.2 Å². The van der Waals surface area contributed by atoms with Crippen molar-refractivity contribution < 1.29 is 9.47 Å². The van der Waals surface area contributed by atoms with Gasteiger partial charge in [-0.15, -0.1) is 0 Å². The minimum Gasteiger partial charge on any atom is -0.353 e. The SMILES string of the molecule is CC(Br)COC1CCCCO1. The van der Waals surface area contributed by atoms with Crippen molar-refractivity contribution in [2.24, 2.45) is 0 Å². The normalized spacial score (nSPS) is 28.4. The van der Waals surface area contributed by atoms with Gasteiger partial charge in [-0.05, 0) is 19.3 Å². The minimum absolute atomic E-state index is 0.0590. The average molecular weight is 223 g/mol. The number of alkyl halides is 1. The molecule has 0 N–H and O–H groups in total. The van der Waals surface area contributed by atoms with Gasteiger partial charge >= 0.3 is 0 Å². The van der Waals surface area contributed by atoms with E-state index in [2.05, 4.69) is 22.9 Å². The van der Waals surface area contributed by atoms with Crippen molar-refractivity contribution in [3.8, 4) is 0 Å². The molecule has 0 bridgehead atoms. The zero-order valence-corrected chi connectivity index (χ0v) is 8.47. The molecule has 1 aliphatic rings. The number of rotatable bonds is 3. The summed E-state index contributed by atoms with van der Waals surface area (Å²) in [5, 5.41) is 0. The van der Waals surface area contributed by atoms with Gasteiger partial charge in [0.25, 0.3) is 0 Å². The lowest BCUT2D eigenvalue weighted by molar-refractivity contribution is -0.161. The highest BCUT2D eigenvalue weighted by atomic mass is 79.9. The molecule has 66 valence electrons. The predicted octanol–water partition coefficient (Wildman–Crippen LogP) is 2.31. The predicted molar refractivity (Wildman–Crippen MR) is 47.9 cm³/mol. The van der Waals surface area contributed by atoms with Crippen molar-refractivity contribution in [3.05, 3.63) is 0 Å². The highest BCUT2D eigenvalue weighted by Crippen LogP contribution is 2.14. The van der Waals surface area contributed by atoms with Crippen molar-refractivity contribution >= 4 is 15.9 Å². The molecule has 0 amide bonds. The van der Waals surface area contributed by atoms with Crippen molar-refractivity contribution in [1.82, 2.24) is 0 Å². The fourth-order valence-corrected chi connectivity index (χ4v) is 1.24. The standard InChI is InChI=1S/C8H15BrO2/c1-7(9)6-11-8-4-2-3-5-10-8/h7-8H,2-6H2,1H3. The number of hydrogen-bond acceptors (Lipinski definition) is 2. The molecule has 0 radical (unpaired) electrons. The Morgan fingerprint density at radius 1 is 1.64 bits per heavy atom. The van der Waals surface area contributed by atoms with Crippen LogP contribution in [-0.4, -0.2) is 24.3 Å². The molecule has 3 heteroatoms. The Balaban J connectivity index is 2.05. The van der Waals surface area contributed by atoms with E-state index in [-0.39, 0.29) is 6.29 Å². The van der Waals surface area contributed by atoms with Crippen LogP contribution < -0.4 is 0 Å². The van der Waals surface area contributed by atoms with Crippen LogP contribution in [0.1, 0.15) is 26.2 Å². The zero-order valence-electron chi connectivity index (χ0n) is 6.88. The van der Waals surface area contributed by atoms with E-state index in [1.165, 1.54) is 12.8 Å². The fourth-order valence-electron chi connectivity index (χ4n) is 1.08. The van der Waals surface area contributed by atoms with E-state index in [1.807, 2.05) is 0 Å². The molecule has 0 spiro atoms. The number of halogens is 1. The summed E-state index contributed by atoms with van der Waals surface area (Å²) in [4.78, 5) is 0.424. The van der Waals surface area contributed by atoms with Crippen molar-refractivity contribution in [1.29, 1.82) is 0 Å². The maximum atomic E-state index is 5.48. The molecule has 0 aliphatic carbocycles. The summed E-state index contributed by atoms with van der Waals surface area (Å²) in [6.07, 6.45) is 3.54. The summed E-state index contributed by atoms with van der Waals surface area (Å²) in [5.41, 5.74) is 0. The largest absolute Gasteiger partial charge is 0.353 e. The van der Waals surface area contributed by atoms with Gasteiger partial charge in [-0.2, -0.15) is 0 Å². The summed E-state index contributed by atoms with van der Waals surface area (Å²) >= 11 is 3.42. The number of ether oxygens (including phenoxy) is 2. The van der Waals surface area contributed by atoms with Gasteiger partial charge in [-0.25, -0.2) is 0 Å². The van der Waals surface area contributed by atoms with Gasteiger partial charge in [0, 0.05) is 11.4 Å². The minimum atomic E-state index is 0.0590. The highest BCUT2D eigenvalue weighted by molar-refractivity contribution is 9.09. The van der Waals surface area contributed by atoms with Gasteiger partial charge in [0.1, 0.15) is 0 Å². The smallest absolute Gasteiger partial charge is 0.157 e. The maximum absolute atomic E-state index is 5.48. The Morgan fingerprint density at radius 2 is 2.45 bits per heavy atom. The van der Waals surface area contributed by atoms with Crippen LogP contribution in [-0.2, 0) is 9.47 Å². The second-order valence-corrected chi connectivity index (χ2v) is 4.47. The van der Waals surface area contributed by atoms with Crippen molar-refractivity contribution in [2.45, 2.75) is 37.3 Å². The summed E-state index contributed by atoms with van der Waals surface area (Å²) in [7, 11) is 0. The van der Waals surface area contributed by atoms with Gasteiger partial charge in [0.15, 0.2) is 6.29 Å². The molecule has 2 atom stereocenters. The van der Waals surface area contributed by atoms with E-state index >= 15 is 0 Å². The van der Waals surface area contributed by atoms with E-state index in [9.17, 15) is 0 Å². The molecule has 1 aliphatic heterocycles. The highest BCUT2D eigenvalue weighted by Gasteiger charge is 2.14. The second kappa shape index (κ2) is 5.12. The summed E-state index contributed by atoms with van der Waals surface area (Å²) in [6, 6.07) is 0. The third kappa shape index (κ3) is 4.09. The lowest BCUT2D eigenvalue weighted by Gasteiger charge is -2.23. The number of hydrogen-bond donors (Lipinski definition) is 0. The Morgan fingerprint density at radius 3 is 3.00 bits per heavy atom. The first-order chi connectivity index (χ1) is 5.29. The van der Waals surface area contributed by atoms with Crippen LogP contribution in [0.5, 0.6) is 0 Å². The first-order valence-electron chi connectivity index (χ1n) is 4.16. The first kappa shape index (κ1) is 9.49. The van der Waals surface area contributed by atoms with Crippen LogP contribution >= 0.6 is 15.9 Å².